The van der Waals surface area contributed by atoms with Crippen molar-refractivity contribution in [2.75, 3.05) is 0 Å². The lowest BCUT2D eigenvalue weighted by Gasteiger charge is -2.21. The fourth-order valence-electron chi connectivity index (χ4n) is 25.6. The quantitative estimate of drug-likeness (QED) is 0.0808. The van der Waals surface area contributed by atoms with Gasteiger partial charge in [0.15, 0.2) is 0 Å². The third kappa shape index (κ3) is 11.7. The zero-order valence-corrected chi connectivity index (χ0v) is 75.8. The summed E-state index contributed by atoms with van der Waals surface area (Å²) in [7, 11) is 0. The first-order valence-corrected chi connectivity index (χ1v) is 47.8. The summed E-state index contributed by atoms with van der Waals surface area (Å²) in [5.74, 6) is 0. The van der Waals surface area contributed by atoms with Crippen molar-refractivity contribution in [2.24, 2.45) is 0 Å². The van der Waals surface area contributed by atoms with Crippen molar-refractivity contribution in [3.05, 3.63) is 435 Å². The molecule has 0 unspecified atom stereocenters. The molecule has 0 nitrogen and oxygen atoms in total. The molecule has 0 fully saturated rings. The topological polar surface area (TPSA) is 0 Å². The molecule has 26 aromatic carbocycles. The van der Waals surface area contributed by atoms with Gasteiger partial charge in [-0.15, -0.1) is 0 Å². The van der Waals surface area contributed by atoms with Crippen LogP contribution in [0.5, 0.6) is 0 Å². The monoisotopic (exact) mass is 1880 g/mol. The molecule has 680 valence electrons. The van der Waals surface area contributed by atoms with Gasteiger partial charge in [0.25, 0.3) is 0 Å². The van der Waals surface area contributed by atoms with Gasteiger partial charge in [-0.2, -0.15) is 52.7 Å². The van der Waals surface area contributed by atoms with Crippen molar-refractivity contribution >= 4 is 129 Å². The van der Waals surface area contributed by atoms with Crippen molar-refractivity contribution in [3.8, 4) is 178 Å². The number of hydrogen-bond donors (Lipinski definition) is 0. The molecule has 0 saturated carbocycles. The second-order valence-corrected chi connectivity index (χ2v) is 38.2. The minimum Gasteiger partial charge on any atom is -0.166 e. The molecule has 0 aliphatic heterocycles. The smallest absolute Gasteiger partial charge is 0.166 e. The van der Waals surface area contributed by atoms with Gasteiger partial charge in [-0.3, -0.25) is 0 Å². The van der Waals surface area contributed by atoms with E-state index in [9.17, 15) is 52.7 Å². The number of alkyl halides is 12. The SMILES string of the molecule is FC(F)(F)c1cccc(-c2c3c(c(-c4cccc(C(F)(F)F)c4)c4ccccc24)-c2ccc4c5ccc6c7c(ccc(c8ccc-3c2c84)c75)-c2c-6c(-c3cccc(C(F)(F)F)c3)c3ccccc3c2-c2cccc(C(F)(F)F)c2)c1.c1ccc(-c2c3c(c(-c4ccccc4)c4ccccc24)-c2ccc4c5ccc6c7c(ccc(c8ccc-3c2c84)c75)-c2c-6c(-c3ccccc3)c3ccccc3c2-c2ccccc2)cc1. The summed E-state index contributed by atoms with van der Waals surface area (Å²) in [6, 6.07) is 132. The molecule has 0 bridgehead atoms. The lowest BCUT2D eigenvalue weighted by molar-refractivity contribution is -0.138. The van der Waals surface area contributed by atoms with E-state index in [4.69, 9.17) is 0 Å². The Labute approximate surface area is 814 Å². The molecule has 4 aliphatic rings. The molecule has 144 heavy (non-hydrogen) atoms. The molecule has 0 heterocycles. The average Bonchev–Trinajstić information content (AvgIpc) is 1.50. The summed E-state index contributed by atoms with van der Waals surface area (Å²) in [5.41, 5.74) is 25.2. The van der Waals surface area contributed by atoms with Crippen LogP contribution in [0.25, 0.3) is 307 Å². The molecular formula is C132H68F12. The van der Waals surface area contributed by atoms with E-state index in [1.165, 1.54) is 178 Å². The van der Waals surface area contributed by atoms with E-state index in [1.54, 1.807) is 72.8 Å². The van der Waals surface area contributed by atoms with Crippen LogP contribution in [-0.2, 0) is 24.7 Å². The molecule has 0 aromatic heterocycles. The number of halogens is 12. The number of fused-ring (bicyclic) bond motifs is 20. The Balaban J connectivity index is 0.000000140. The summed E-state index contributed by atoms with van der Waals surface area (Å²) in [5, 5.41) is 24.1. The number of benzene rings is 26. The predicted molar refractivity (Wildman–Crippen MR) is 567 cm³/mol. The van der Waals surface area contributed by atoms with Crippen molar-refractivity contribution < 1.29 is 52.7 Å². The molecule has 0 atom stereocenters. The zero-order valence-electron chi connectivity index (χ0n) is 75.8. The second kappa shape index (κ2) is 30.0. The largest absolute Gasteiger partial charge is 0.416 e. The molecular weight excluding hydrogens is 1810 g/mol. The predicted octanol–water partition coefficient (Wildman–Crippen LogP) is 40.1. The van der Waals surface area contributed by atoms with Gasteiger partial charge >= 0.3 is 24.7 Å². The fraction of sp³-hybridized carbons (Fsp3) is 0.0303. The second-order valence-electron chi connectivity index (χ2n) is 38.2. The van der Waals surface area contributed by atoms with E-state index in [0.29, 0.717) is 88.3 Å². The highest BCUT2D eigenvalue weighted by Crippen LogP contribution is 2.68. The molecule has 26 aromatic rings. The Hall–Kier alpha value is -17.5. The van der Waals surface area contributed by atoms with Crippen molar-refractivity contribution in [3.63, 3.8) is 0 Å². The summed E-state index contributed by atoms with van der Waals surface area (Å²) >= 11 is 0. The van der Waals surface area contributed by atoms with Crippen LogP contribution in [0.15, 0.2) is 413 Å². The molecule has 0 amide bonds. The third-order valence-electron chi connectivity index (χ3n) is 31.0. The molecule has 0 radical (unpaired) electrons. The zero-order chi connectivity index (χ0) is 96.7. The first kappa shape index (κ1) is 83.5. The molecule has 4 aliphatic carbocycles. The third-order valence-corrected chi connectivity index (χ3v) is 31.0. The van der Waals surface area contributed by atoms with Crippen molar-refractivity contribution in [1.82, 2.24) is 0 Å². The standard InChI is InChI=1S/C68H32F12.C64H36/c69-65(70,71)37-13-5-9-33(29-37)53-41-17-1-2-18-42(41)54(34-10-6-14-38(30-34)66(72,73)74)62-50-26-22-46-48-24-28-52-60-51(27-23-47(58(48)60)45-21-25-49(61(53)62)59(50)57(45)46)63-55(35-11-7-15-39(31-35)67(75,76)77)43-19-3-4-20-44(43)56(64(52)63)36-12-8-16-40(32-36)68(78,79)80;1-5-17-37(18-6-1)53-41-25-13-14-26-42(41)54(38-19-7-2-8-20-38)62-50-34-30-46-48-32-36-52-60-51(35-31-47(58(48)60)45-29-33-49(61(53)62)59(50)57(45)46)63-55(39-21-9-3-10-22-39)43-27-15-16-28-44(43)56(64(52)63)40-23-11-4-12-24-40/h1-32H;1-36H. The maximum absolute atomic E-state index is 14.6. The van der Waals surface area contributed by atoms with Crippen molar-refractivity contribution in [2.45, 2.75) is 24.7 Å². The van der Waals surface area contributed by atoms with Crippen LogP contribution >= 0.6 is 0 Å². The minimum atomic E-state index is -4.69. The van der Waals surface area contributed by atoms with Crippen LogP contribution < -0.4 is 0 Å². The van der Waals surface area contributed by atoms with Gasteiger partial charge < -0.3 is 0 Å². The lowest BCUT2D eigenvalue weighted by Crippen LogP contribution is -2.05. The lowest BCUT2D eigenvalue weighted by atomic mass is 9.82. The normalized spacial score (nSPS) is 12.9. The first-order chi connectivity index (χ1) is 70.1. The maximum atomic E-state index is 14.6. The highest BCUT2D eigenvalue weighted by atomic mass is 19.4. The average molecular weight is 1880 g/mol. The van der Waals surface area contributed by atoms with Gasteiger partial charge in [-0.25, -0.2) is 0 Å². The van der Waals surface area contributed by atoms with Gasteiger partial charge in [0.2, 0.25) is 0 Å². The Bertz CT molecular complexity index is 9040. The van der Waals surface area contributed by atoms with Crippen LogP contribution in [0, 0.1) is 0 Å². The van der Waals surface area contributed by atoms with E-state index in [2.05, 4.69) is 218 Å². The van der Waals surface area contributed by atoms with E-state index >= 15 is 0 Å². The summed E-state index contributed by atoms with van der Waals surface area (Å²) in [4.78, 5) is 0. The van der Waals surface area contributed by atoms with Gasteiger partial charge in [-0.1, -0.05) is 364 Å². The Morgan fingerprint density at radius 3 is 0.396 bits per heavy atom. The van der Waals surface area contributed by atoms with Gasteiger partial charge in [0.05, 0.1) is 22.3 Å². The molecule has 0 saturated heterocycles. The van der Waals surface area contributed by atoms with Crippen LogP contribution in [0.4, 0.5) is 52.7 Å². The van der Waals surface area contributed by atoms with E-state index in [1.807, 2.05) is 48.5 Å². The number of hydrogen-bond acceptors (Lipinski definition) is 0. The maximum Gasteiger partial charge on any atom is 0.416 e. The highest BCUT2D eigenvalue weighted by molar-refractivity contribution is 6.45. The van der Waals surface area contributed by atoms with Crippen LogP contribution in [-0.4, -0.2) is 0 Å². The Morgan fingerprint density at radius 1 is 0.104 bits per heavy atom. The fourth-order valence-corrected chi connectivity index (χ4v) is 25.6. The Morgan fingerprint density at radius 2 is 0.243 bits per heavy atom. The van der Waals surface area contributed by atoms with E-state index in [0.717, 1.165) is 91.6 Å². The van der Waals surface area contributed by atoms with Gasteiger partial charge in [-0.05, 0) is 356 Å². The van der Waals surface area contributed by atoms with Crippen LogP contribution in [0.3, 0.4) is 0 Å². The van der Waals surface area contributed by atoms with Crippen molar-refractivity contribution in [1.29, 1.82) is 0 Å². The summed E-state index contributed by atoms with van der Waals surface area (Å²) < 4.78 is 175. The summed E-state index contributed by atoms with van der Waals surface area (Å²) in [6.07, 6.45) is -18.8. The van der Waals surface area contributed by atoms with E-state index in [-0.39, 0.29) is 22.3 Å². The molecule has 0 N–H and O–H groups in total. The minimum absolute atomic E-state index is 0.259. The van der Waals surface area contributed by atoms with E-state index < -0.39 is 47.0 Å². The molecule has 0 spiro atoms. The highest BCUT2D eigenvalue weighted by Gasteiger charge is 2.43. The Kier molecular flexibility index (Phi) is 17.4. The van der Waals surface area contributed by atoms with Gasteiger partial charge in [0.1, 0.15) is 0 Å². The van der Waals surface area contributed by atoms with Gasteiger partial charge in [0, 0.05) is 0 Å². The number of rotatable bonds is 8. The molecule has 12 heteroatoms. The summed E-state index contributed by atoms with van der Waals surface area (Å²) in [6.45, 7) is 0. The molecule has 30 rings (SSSR count). The first-order valence-electron chi connectivity index (χ1n) is 47.8. The van der Waals surface area contributed by atoms with Crippen LogP contribution in [0.1, 0.15) is 22.3 Å². The van der Waals surface area contributed by atoms with Crippen LogP contribution in [0.2, 0.25) is 0 Å².